The monoisotopic (exact) mass is 208 g/mol. The fourth-order valence-electron chi connectivity index (χ4n) is 1.05. The van der Waals surface area contributed by atoms with E-state index in [1.807, 2.05) is 0 Å². The molecule has 0 saturated heterocycles. The van der Waals surface area contributed by atoms with Crippen molar-refractivity contribution in [1.82, 2.24) is 0 Å². The highest BCUT2D eigenvalue weighted by Crippen LogP contribution is 2.24. The van der Waals surface area contributed by atoms with E-state index < -0.39 is 18.4 Å². The first-order chi connectivity index (χ1) is 6.42. The number of rotatable bonds is 2. The van der Waals surface area contributed by atoms with Crippen molar-refractivity contribution in [3.05, 3.63) is 29.6 Å². The van der Waals surface area contributed by atoms with E-state index in [-0.39, 0.29) is 11.3 Å². The fourth-order valence-corrected chi connectivity index (χ4v) is 1.05. The van der Waals surface area contributed by atoms with Crippen LogP contribution in [-0.4, -0.2) is 13.3 Å². The first-order valence-electron chi connectivity index (χ1n) is 3.81. The number of hydrogen-bond donors (Lipinski definition) is 0. The molecule has 1 rings (SSSR count). The Morgan fingerprint density at radius 3 is 2.36 bits per heavy atom. The van der Waals surface area contributed by atoms with Crippen molar-refractivity contribution in [3.8, 4) is 5.75 Å². The minimum absolute atomic E-state index is 0.0593. The van der Waals surface area contributed by atoms with Gasteiger partial charge in [0, 0.05) is 0 Å². The molecule has 0 atom stereocenters. The molecule has 78 valence electrons. The van der Waals surface area contributed by atoms with Gasteiger partial charge >= 0.3 is 6.18 Å². The molecule has 5 heteroatoms. The molecule has 0 saturated carbocycles. The summed E-state index contributed by atoms with van der Waals surface area (Å²) in [6, 6.07) is 3.19. The molecular weight excluding hydrogens is 200 g/mol. The molecule has 0 spiro atoms. The summed E-state index contributed by atoms with van der Waals surface area (Å²) in [5, 5.41) is 0. The van der Waals surface area contributed by atoms with Gasteiger partial charge < -0.3 is 4.74 Å². The highest BCUT2D eigenvalue weighted by atomic mass is 19.4. The van der Waals surface area contributed by atoms with Gasteiger partial charge in [0.2, 0.25) is 0 Å². The van der Waals surface area contributed by atoms with Crippen molar-refractivity contribution in [1.29, 1.82) is 0 Å². The maximum absolute atomic E-state index is 12.9. The van der Waals surface area contributed by atoms with Crippen LogP contribution in [0, 0.1) is 5.82 Å². The molecular formula is C9H8F4O. The van der Waals surface area contributed by atoms with Crippen molar-refractivity contribution in [2.75, 3.05) is 7.11 Å². The predicted octanol–water partition coefficient (Wildman–Crippen LogP) is 2.94. The summed E-state index contributed by atoms with van der Waals surface area (Å²) in [5.41, 5.74) is -0.115. The Morgan fingerprint density at radius 1 is 1.29 bits per heavy atom. The lowest BCUT2D eigenvalue weighted by atomic mass is 10.1. The number of hydrogen-bond acceptors (Lipinski definition) is 1. The molecule has 14 heavy (non-hydrogen) atoms. The summed E-state index contributed by atoms with van der Waals surface area (Å²) in [4.78, 5) is 0. The topological polar surface area (TPSA) is 9.23 Å². The molecule has 0 aliphatic heterocycles. The van der Waals surface area contributed by atoms with Crippen molar-refractivity contribution < 1.29 is 22.3 Å². The van der Waals surface area contributed by atoms with E-state index in [9.17, 15) is 17.6 Å². The lowest BCUT2D eigenvalue weighted by Crippen LogP contribution is -2.11. The molecule has 0 aromatic heterocycles. The second-order valence-electron chi connectivity index (χ2n) is 2.76. The van der Waals surface area contributed by atoms with Gasteiger partial charge in [-0.15, -0.1) is 0 Å². The summed E-state index contributed by atoms with van der Waals surface area (Å²) < 4.78 is 53.2. The number of ether oxygens (including phenoxy) is 1. The zero-order valence-electron chi connectivity index (χ0n) is 7.36. The number of halogens is 4. The van der Waals surface area contributed by atoms with Gasteiger partial charge in [-0.2, -0.15) is 13.2 Å². The standard InChI is InChI=1S/C9H8F4O/c1-14-8-3-2-6(4-7(8)10)5-9(11,12)13/h2-4H,5H2,1H3. The summed E-state index contributed by atoms with van der Waals surface area (Å²) in [6.45, 7) is 0. The first kappa shape index (κ1) is 10.8. The molecule has 1 nitrogen and oxygen atoms in total. The average Bonchev–Trinajstić information content (AvgIpc) is 2.01. The fraction of sp³-hybridized carbons (Fsp3) is 0.333. The van der Waals surface area contributed by atoms with Gasteiger partial charge in [0.1, 0.15) is 0 Å². The molecule has 1 aromatic carbocycles. The Kier molecular flexibility index (Phi) is 2.98. The van der Waals surface area contributed by atoms with Crippen LogP contribution in [0.4, 0.5) is 17.6 Å². The summed E-state index contributed by atoms with van der Waals surface area (Å²) in [5.74, 6) is -0.842. The molecule has 0 bridgehead atoms. The summed E-state index contributed by atoms with van der Waals surface area (Å²) in [7, 11) is 1.25. The molecule has 0 N–H and O–H groups in total. The highest BCUT2D eigenvalue weighted by molar-refractivity contribution is 5.29. The second kappa shape index (κ2) is 3.86. The van der Waals surface area contributed by atoms with Gasteiger partial charge in [0.25, 0.3) is 0 Å². The molecule has 0 radical (unpaired) electrons. The lowest BCUT2D eigenvalue weighted by Gasteiger charge is -2.07. The van der Waals surface area contributed by atoms with Crippen molar-refractivity contribution in [3.63, 3.8) is 0 Å². The Balaban J connectivity index is 2.87. The van der Waals surface area contributed by atoms with Crippen molar-refractivity contribution in [2.24, 2.45) is 0 Å². The summed E-state index contributed by atoms with van der Waals surface area (Å²) in [6.07, 6.45) is -5.45. The van der Waals surface area contributed by atoms with Crippen LogP contribution in [0.15, 0.2) is 18.2 Å². The van der Waals surface area contributed by atoms with Gasteiger partial charge in [-0.3, -0.25) is 0 Å². The number of methoxy groups -OCH3 is 1. The van der Waals surface area contributed by atoms with Crippen molar-refractivity contribution in [2.45, 2.75) is 12.6 Å². The van der Waals surface area contributed by atoms with E-state index >= 15 is 0 Å². The molecule has 0 fully saturated rings. The Labute approximate surface area is 78.3 Å². The van der Waals surface area contributed by atoms with Crippen LogP contribution in [-0.2, 0) is 6.42 Å². The molecule has 0 heterocycles. The number of alkyl halides is 3. The molecule has 0 aliphatic carbocycles. The third-order valence-corrected chi connectivity index (χ3v) is 1.62. The smallest absolute Gasteiger partial charge is 0.393 e. The van der Waals surface area contributed by atoms with E-state index in [1.165, 1.54) is 19.2 Å². The van der Waals surface area contributed by atoms with E-state index in [2.05, 4.69) is 4.74 Å². The molecule has 0 unspecified atom stereocenters. The van der Waals surface area contributed by atoms with E-state index in [1.54, 1.807) is 0 Å². The Hall–Kier alpha value is -1.26. The van der Waals surface area contributed by atoms with Gasteiger partial charge in [-0.05, 0) is 17.7 Å². The Bertz CT molecular complexity index is 319. The average molecular weight is 208 g/mol. The zero-order valence-corrected chi connectivity index (χ0v) is 7.36. The van der Waals surface area contributed by atoms with Gasteiger partial charge in [0.05, 0.1) is 13.5 Å². The predicted molar refractivity (Wildman–Crippen MR) is 42.7 cm³/mol. The van der Waals surface area contributed by atoms with Gasteiger partial charge in [0.15, 0.2) is 11.6 Å². The largest absolute Gasteiger partial charge is 0.494 e. The van der Waals surface area contributed by atoms with Crippen LogP contribution in [0.2, 0.25) is 0 Å². The van der Waals surface area contributed by atoms with Gasteiger partial charge in [-0.1, -0.05) is 6.07 Å². The molecule has 1 aromatic rings. The van der Waals surface area contributed by atoms with Crippen LogP contribution < -0.4 is 4.74 Å². The number of benzene rings is 1. The molecule has 0 aliphatic rings. The first-order valence-corrected chi connectivity index (χ1v) is 3.81. The normalized spacial score (nSPS) is 11.5. The van der Waals surface area contributed by atoms with Crippen molar-refractivity contribution >= 4 is 0 Å². The van der Waals surface area contributed by atoms with E-state index in [0.717, 1.165) is 6.07 Å². The van der Waals surface area contributed by atoms with Crippen LogP contribution >= 0.6 is 0 Å². The van der Waals surface area contributed by atoms with Crippen LogP contribution in [0.1, 0.15) is 5.56 Å². The summed E-state index contributed by atoms with van der Waals surface area (Å²) >= 11 is 0. The SMILES string of the molecule is COc1ccc(CC(F)(F)F)cc1F. The van der Waals surface area contributed by atoms with Crippen LogP contribution in [0.25, 0.3) is 0 Å². The second-order valence-corrected chi connectivity index (χ2v) is 2.76. The maximum Gasteiger partial charge on any atom is 0.393 e. The third kappa shape index (κ3) is 2.90. The van der Waals surface area contributed by atoms with Gasteiger partial charge in [-0.25, -0.2) is 4.39 Å². The van der Waals surface area contributed by atoms with Crippen LogP contribution in [0.3, 0.4) is 0 Å². The van der Waals surface area contributed by atoms with E-state index in [0.29, 0.717) is 0 Å². The quantitative estimate of drug-likeness (QED) is 0.679. The maximum atomic E-state index is 12.9. The van der Waals surface area contributed by atoms with E-state index in [4.69, 9.17) is 0 Å². The minimum atomic E-state index is -4.32. The third-order valence-electron chi connectivity index (χ3n) is 1.62. The molecule has 0 amide bonds. The minimum Gasteiger partial charge on any atom is -0.494 e. The Morgan fingerprint density at radius 2 is 1.93 bits per heavy atom. The zero-order chi connectivity index (χ0) is 10.8. The lowest BCUT2D eigenvalue weighted by molar-refractivity contribution is -0.127. The van der Waals surface area contributed by atoms with Crippen LogP contribution in [0.5, 0.6) is 5.75 Å². The highest BCUT2D eigenvalue weighted by Gasteiger charge is 2.27.